The van der Waals surface area contributed by atoms with Crippen molar-refractivity contribution in [3.05, 3.63) is 6.07 Å². The second-order valence-electron chi connectivity index (χ2n) is 10.8. The summed E-state index contributed by atoms with van der Waals surface area (Å²) in [4.78, 5) is 57.2. The van der Waals surface area contributed by atoms with E-state index in [1.807, 2.05) is 0 Å². The third kappa shape index (κ3) is 5.10. The summed E-state index contributed by atoms with van der Waals surface area (Å²) in [6, 6.07) is 1.85. The second kappa shape index (κ2) is 10.9. The number of anilines is 3. The van der Waals surface area contributed by atoms with Crippen molar-refractivity contribution in [1.29, 1.82) is 0 Å². The van der Waals surface area contributed by atoms with Gasteiger partial charge in [-0.2, -0.15) is 9.97 Å². The molecule has 0 bridgehead atoms. The van der Waals surface area contributed by atoms with Gasteiger partial charge in [0.05, 0.1) is 12.5 Å². The van der Waals surface area contributed by atoms with Crippen molar-refractivity contribution in [2.75, 3.05) is 80.4 Å². The van der Waals surface area contributed by atoms with E-state index in [-0.39, 0.29) is 30.9 Å². The number of ether oxygens (including phenoxy) is 2. The molecular weight excluding hydrogens is 490 g/mol. The second-order valence-corrected chi connectivity index (χ2v) is 10.8. The summed E-state index contributed by atoms with van der Waals surface area (Å²) >= 11 is 0. The lowest BCUT2D eigenvalue weighted by Crippen LogP contribution is -2.54. The van der Waals surface area contributed by atoms with Crippen LogP contribution in [0.5, 0.6) is 0 Å². The average Bonchev–Trinajstić information content (AvgIpc) is 3.73. The number of carbonyl (C=O) groups excluding carboxylic acids is 3. The standard InChI is InChI=1S/C26H37N7O5/c34-20-16-23(35)33-11-5-6-19(33)24(20)37-18-38-26(36)32-14-12-30(13-15-32)22-17-21(29-7-1-2-8-29)27-25(28-22)31-9-3-4-10-31/h17,19,24H,1-16,18H2. The first-order valence-corrected chi connectivity index (χ1v) is 14.1. The number of rotatable bonds is 6. The molecule has 12 nitrogen and oxygen atoms in total. The molecule has 206 valence electrons. The summed E-state index contributed by atoms with van der Waals surface area (Å²) in [6.07, 6.45) is 5.01. The quantitative estimate of drug-likeness (QED) is 0.396. The smallest absolute Gasteiger partial charge is 0.412 e. The number of nitrogens with zero attached hydrogens (tertiary/aromatic N) is 7. The van der Waals surface area contributed by atoms with Gasteiger partial charge in [0.2, 0.25) is 11.9 Å². The molecule has 5 aliphatic rings. The van der Waals surface area contributed by atoms with Gasteiger partial charge in [0, 0.05) is 65.0 Å². The molecule has 0 aliphatic carbocycles. The summed E-state index contributed by atoms with van der Waals surface area (Å²) in [5, 5.41) is 0. The molecule has 6 heterocycles. The first kappa shape index (κ1) is 25.1. The predicted molar refractivity (Wildman–Crippen MR) is 139 cm³/mol. The van der Waals surface area contributed by atoms with E-state index < -0.39 is 12.2 Å². The van der Waals surface area contributed by atoms with Crippen LogP contribution < -0.4 is 14.7 Å². The lowest BCUT2D eigenvalue weighted by molar-refractivity contribution is -0.160. The lowest BCUT2D eigenvalue weighted by Gasteiger charge is -2.36. The molecule has 0 aromatic carbocycles. The Morgan fingerprint density at radius 3 is 2.13 bits per heavy atom. The SMILES string of the molecule is O=C1CC(=O)N2CCCC2C1OCOC(=O)N1CCN(c2cc(N3CCCC3)nc(N3CCCC3)n2)CC1. The van der Waals surface area contributed by atoms with Crippen LogP contribution in [-0.4, -0.2) is 115 Å². The van der Waals surface area contributed by atoms with Crippen LogP contribution in [0.4, 0.5) is 22.4 Å². The number of Topliss-reactive ketones (excluding diaryl/α,β-unsaturated/α-hetero) is 1. The zero-order valence-corrected chi connectivity index (χ0v) is 21.9. The van der Waals surface area contributed by atoms with Crippen LogP contribution in [0.1, 0.15) is 44.9 Å². The summed E-state index contributed by atoms with van der Waals surface area (Å²) in [5.41, 5.74) is 0. The Morgan fingerprint density at radius 1 is 0.816 bits per heavy atom. The zero-order chi connectivity index (χ0) is 26.1. The fraction of sp³-hybridized carbons (Fsp3) is 0.731. The maximum absolute atomic E-state index is 12.7. The van der Waals surface area contributed by atoms with Crippen LogP contribution in [-0.2, 0) is 19.1 Å². The first-order chi connectivity index (χ1) is 18.6. The molecule has 38 heavy (non-hydrogen) atoms. The summed E-state index contributed by atoms with van der Waals surface area (Å²) in [6.45, 7) is 6.71. The largest absolute Gasteiger partial charge is 0.422 e. The van der Waals surface area contributed by atoms with Gasteiger partial charge in [-0.05, 0) is 38.5 Å². The van der Waals surface area contributed by atoms with Crippen molar-refractivity contribution in [3.63, 3.8) is 0 Å². The molecule has 2 atom stereocenters. The number of hydrogen-bond donors (Lipinski definition) is 0. The molecule has 1 aromatic rings. The van der Waals surface area contributed by atoms with Gasteiger partial charge in [0.1, 0.15) is 17.7 Å². The molecule has 0 radical (unpaired) electrons. The number of ketones is 1. The number of piperidine rings is 1. The molecule has 6 rings (SSSR count). The van der Waals surface area contributed by atoms with Crippen LogP contribution in [0, 0.1) is 0 Å². The van der Waals surface area contributed by atoms with Gasteiger partial charge in [0.25, 0.3) is 0 Å². The van der Waals surface area contributed by atoms with Crippen molar-refractivity contribution >= 4 is 35.4 Å². The number of piperazine rings is 1. The topological polar surface area (TPSA) is 112 Å². The molecule has 0 N–H and O–H groups in total. The summed E-state index contributed by atoms with van der Waals surface area (Å²) < 4.78 is 11.1. The maximum Gasteiger partial charge on any atom is 0.412 e. The minimum Gasteiger partial charge on any atom is -0.422 e. The predicted octanol–water partition coefficient (Wildman–Crippen LogP) is 1.24. The molecule has 2 unspecified atom stereocenters. The van der Waals surface area contributed by atoms with E-state index >= 15 is 0 Å². The Morgan fingerprint density at radius 2 is 1.45 bits per heavy atom. The van der Waals surface area contributed by atoms with Crippen molar-refractivity contribution < 1.29 is 23.9 Å². The van der Waals surface area contributed by atoms with Crippen LogP contribution in [0.3, 0.4) is 0 Å². The number of aromatic nitrogens is 2. The molecule has 5 aliphatic heterocycles. The van der Waals surface area contributed by atoms with Crippen molar-refractivity contribution in [3.8, 4) is 0 Å². The summed E-state index contributed by atoms with van der Waals surface area (Å²) in [5.74, 6) is 2.35. The van der Waals surface area contributed by atoms with Gasteiger partial charge in [0.15, 0.2) is 12.6 Å². The Kier molecular flexibility index (Phi) is 7.22. The van der Waals surface area contributed by atoms with E-state index in [1.165, 1.54) is 25.7 Å². The Balaban J connectivity index is 1.03. The number of hydrogen-bond acceptors (Lipinski definition) is 10. The van der Waals surface area contributed by atoms with Crippen LogP contribution in [0.2, 0.25) is 0 Å². The third-order valence-corrected chi connectivity index (χ3v) is 8.41. The van der Waals surface area contributed by atoms with E-state index in [0.29, 0.717) is 32.7 Å². The fourth-order valence-corrected chi connectivity index (χ4v) is 6.29. The third-order valence-electron chi connectivity index (χ3n) is 8.41. The normalized spacial score (nSPS) is 25.9. The van der Waals surface area contributed by atoms with Crippen LogP contribution in [0.25, 0.3) is 0 Å². The highest BCUT2D eigenvalue weighted by atomic mass is 16.7. The molecule has 2 amide bonds. The minimum absolute atomic E-state index is 0.129. The monoisotopic (exact) mass is 527 g/mol. The van der Waals surface area contributed by atoms with E-state index in [1.54, 1.807) is 9.80 Å². The van der Waals surface area contributed by atoms with Crippen LogP contribution >= 0.6 is 0 Å². The molecule has 12 heteroatoms. The van der Waals surface area contributed by atoms with E-state index in [4.69, 9.17) is 19.4 Å². The molecule has 1 aromatic heterocycles. The minimum atomic E-state index is -0.716. The van der Waals surface area contributed by atoms with Crippen molar-refractivity contribution in [2.45, 2.75) is 57.1 Å². The van der Waals surface area contributed by atoms with E-state index in [2.05, 4.69) is 20.8 Å². The van der Waals surface area contributed by atoms with Crippen molar-refractivity contribution in [1.82, 2.24) is 19.8 Å². The maximum atomic E-state index is 12.7. The Bertz CT molecular complexity index is 1020. The molecular formula is C26H37N7O5. The lowest BCUT2D eigenvalue weighted by atomic mass is 9.97. The van der Waals surface area contributed by atoms with Gasteiger partial charge in [-0.25, -0.2) is 4.79 Å². The van der Waals surface area contributed by atoms with Gasteiger partial charge >= 0.3 is 6.09 Å². The van der Waals surface area contributed by atoms with Gasteiger partial charge in [-0.3, -0.25) is 9.59 Å². The number of carbonyl (C=O) groups is 3. The fourth-order valence-electron chi connectivity index (χ4n) is 6.29. The van der Waals surface area contributed by atoms with E-state index in [0.717, 1.165) is 56.6 Å². The molecule has 5 fully saturated rings. The van der Waals surface area contributed by atoms with Crippen molar-refractivity contribution in [2.24, 2.45) is 0 Å². The van der Waals surface area contributed by atoms with Gasteiger partial charge in [-0.15, -0.1) is 0 Å². The molecule has 5 saturated heterocycles. The van der Waals surface area contributed by atoms with Gasteiger partial charge < -0.3 is 34.0 Å². The zero-order valence-electron chi connectivity index (χ0n) is 21.9. The molecule has 0 saturated carbocycles. The Hall–Kier alpha value is -3.15. The highest BCUT2D eigenvalue weighted by molar-refractivity contribution is 6.03. The first-order valence-electron chi connectivity index (χ1n) is 14.1. The average molecular weight is 528 g/mol. The Labute approximate surface area is 222 Å². The number of amides is 2. The summed E-state index contributed by atoms with van der Waals surface area (Å²) in [7, 11) is 0. The van der Waals surface area contributed by atoms with Gasteiger partial charge in [-0.1, -0.05) is 0 Å². The highest BCUT2D eigenvalue weighted by Gasteiger charge is 2.44. The highest BCUT2D eigenvalue weighted by Crippen LogP contribution is 2.29. The van der Waals surface area contributed by atoms with Crippen LogP contribution in [0.15, 0.2) is 6.07 Å². The molecule has 0 spiro atoms. The number of fused-ring (bicyclic) bond motifs is 1. The van der Waals surface area contributed by atoms with E-state index in [9.17, 15) is 14.4 Å².